The van der Waals surface area contributed by atoms with Crippen LogP contribution in [0.3, 0.4) is 0 Å². The molecular weight excluding hydrogens is 1190 g/mol. The van der Waals surface area contributed by atoms with Crippen LogP contribution in [0, 0.1) is 0 Å². The van der Waals surface area contributed by atoms with E-state index >= 15 is 0 Å². The number of alkyl halides is 34. The first-order valence-electron chi connectivity index (χ1n) is 16.3. The highest BCUT2D eigenvalue weighted by Crippen LogP contribution is 2.67. The Morgan fingerprint density at radius 3 is 0.676 bits per heavy atom. The minimum Gasteiger partial charge on any atom is -0.302 e. The molecule has 2 unspecified atom stereocenters. The van der Waals surface area contributed by atoms with Crippen LogP contribution in [-0.2, 0) is 33.7 Å². The number of phosphoric acid groups is 1. The second-order valence-electron chi connectivity index (χ2n) is 13.2. The van der Waals surface area contributed by atoms with Crippen LogP contribution in [0.2, 0.25) is 0 Å². The van der Waals surface area contributed by atoms with Crippen molar-refractivity contribution in [2.24, 2.45) is 0 Å². The predicted octanol–water partition coefficient (Wildman–Crippen LogP) is 11.0. The largest absolute Gasteiger partial charge is 0.475 e. The Kier molecular flexibility index (Phi) is 17.8. The molecule has 0 aliphatic heterocycles. The van der Waals surface area contributed by atoms with E-state index in [-0.39, 0.29) is 13.8 Å². The summed E-state index contributed by atoms with van der Waals surface area (Å²) < 4.78 is 531. The molecule has 0 amide bonds. The van der Waals surface area contributed by atoms with Crippen LogP contribution in [-0.4, -0.2) is 150 Å². The van der Waals surface area contributed by atoms with Crippen molar-refractivity contribution in [2.75, 3.05) is 13.1 Å². The third-order valence-electron chi connectivity index (χ3n) is 8.66. The van der Waals surface area contributed by atoms with E-state index in [2.05, 4.69) is 9.05 Å². The van der Waals surface area contributed by atoms with Crippen molar-refractivity contribution in [2.45, 2.75) is 134 Å². The van der Waals surface area contributed by atoms with Gasteiger partial charge in [0.25, 0.3) is 20.0 Å². The van der Waals surface area contributed by atoms with Crippen molar-refractivity contribution >= 4 is 27.9 Å². The number of nitrogens with zero attached hydrogens (tertiary/aromatic N) is 2. The first kappa shape index (κ1) is 68.6. The van der Waals surface area contributed by atoms with Gasteiger partial charge in [-0.15, -0.1) is 0 Å². The smallest absolute Gasteiger partial charge is 0.302 e. The molecule has 0 saturated heterocycles. The summed E-state index contributed by atoms with van der Waals surface area (Å²) in [6.45, 7) is -5.81. The molecule has 1 N–H and O–H groups in total. The van der Waals surface area contributed by atoms with Crippen molar-refractivity contribution in [1.82, 2.24) is 8.61 Å². The van der Waals surface area contributed by atoms with Crippen LogP contribution in [0.1, 0.15) is 27.7 Å². The van der Waals surface area contributed by atoms with Crippen LogP contribution in [0.4, 0.5) is 149 Å². The molecule has 47 heteroatoms. The molecule has 0 aromatic heterocycles. The average molecular weight is 1200 g/mol. The summed E-state index contributed by atoms with van der Waals surface area (Å²) >= 11 is 0. The zero-order valence-electron chi connectivity index (χ0n) is 32.9. The van der Waals surface area contributed by atoms with Gasteiger partial charge in [0.15, 0.2) is 0 Å². The second kappa shape index (κ2) is 18.4. The number of rotatable bonds is 24. The first-order valence-corrected chi connectivity index (χ1v) is 20.7. The fourth-order valence-electron chi connectivity index (χ4n) is 4.68. The Labute approximate surface area is 368 Å². The minimum atomic E-state index is -9.39. The highest BCUT2D eigenvalue weighted by Gasteiger charge is 2.98. The van der Waals surface area contributed by atoms with E-state index in [1.165, 1.54) is 0 Å². The fraction of sp³-hybridized carbons (Fsp3) is 1.00. The van der Waals surface area contributed by atoms with Gasteiger partial charge in [0.1, 0.15) is 12.5 Å². The Hall–Kier alpha value is -2.45. The summed E-state index contributed by atoms with van der Waals surface area (Å²) in [5.74, 6) is -110. The first-order chi connectivity index (χ1) is 30.2. The summed E-state index contributed by atoms with van der Waals surface area (Å²) in [6, 6.07) is 0. The monoisotopic (exact) mass is 1200 g/mol. The third kappa shape index (κ3) is 9.42. The summed E-state index contributed by atoms with van der Waals surface area (Å²) in [5.41, 5.74) is 0. The second-order valence-corrected chi connectivity index (χ2v) is 18.4. The van der Waals surface area contributed by atoms with E-state index in [0.717, 1.165) is 0 Å². The number of sulfonamides is 2. The molecule has 0 aromatic rings. The van der Waals surface area contributed by atoms with Crippen LogP contribution in [0.15, 0.2) is 0 Å². The topological polar surface area (TPSA) is 131 Å². The summed E-state index contributed by atoms with van der Waals surface area (Å²) in [6.07, 6.45) is -24.2. The van der Waals surface area contributed by atoms with Gasteiger partial charge in [0.05, 0.1) is 0 Å². The lowest BCUT2D eigenvalue weighted by molar-refractivity contribution is -0.458. The van der Waals surface area contributed by atoms with E-state index in [1.807, 2.05) is 0 Å². The molecule has 0 aliphatic rings. The van der Waals surface area contributed by atoms with E-state index in [9.17, 15) is 176 Å². The SMILES string of the molecule is CCN(C(C)OP(=O)(O)OC(C)N(CC)S(=O)(=O)C(F)(F)C(F)(F)C(F)(F)C(F)(F)C(F)(F)C(F)(F)C(F)(F)C(F)(F)F)S(=O)(=O)C(F)(F)C(F)(F)C(F)(F)C(F)(F)C(F)(F)C(F)(F)C(F)(F)C(F)(F)F. The number of halogens is 34. The van der Waals surface area contributed by atoms with Crippen molar-refractivity contribution in [1.29, 1.82) is 0 Å². The molecule has 0 saturated carbocycles. The maximum Gasteiger partial charge on any atom is 0.475 e. The van der Waals surface area contributed by atoms with Gasteiger partial charge in [-0.25, -0.2) is 21.4 Å². The molecule has 0 rings (SSSR count). The highest BCUT2D eigenvalue weighted by atomic mass is 32.2. The average Bonchev–Trinajstić information content (AvgIpc) is 3.12. The van der Waals surface area contributed by atoms with E-state index < -0.39 is 170 Å². The number of hydrogen-bond donors (Lipinski definition) is 1. The molecule has 0 spiro atoms. The molecule has 2 atom stereocenters. The van der Waals surface area contributed by atoms with Crippen LogP contribution in [0.5, 0.6) is 0 Å². The summed E-state index contributed by atoms with van der Waals surface area (Å²) in [5, 5.41) is -16.9. The van der Waals surface area contributed by atoms with Crippen LogP contribution < -0.4 is 0 Å². The van der Waals surface area contributed by atoms with Gasteiger partial charge < -0.3 is 4.89 Å². The summed E-state index contributed by atoms with van der Waals surface area (Å²) in [7, 11) is -24.2. The lowest BCUT2D eigenvalue weighted by Crippen LogP contribution is -2.75. The summed E-state index contributed by atoms with van der Waals surface area (Å²) in [4.78, 5) is 9.82. The Morgan fingerprint density at radius 2 is 0.521 bits per heavy atom. The fourth-order valence-corrected chi connectivity index (χ4v) is 8.89. The molecule has 0 radical (unpaired) electrons. The maximum absolute atomic E-state index is 14.8. The molecular formula is C24H19F34N2O8PS2. The molecule has 71 heavy (non-hydrogen) atoms. The van der Waals surface area contributed by atoms with Crippen molar-refractivity contribution in [3.8, 4) is 0 Å². The lowest BCUT2D eigenvalue weighted by Gasteiger charge is -2.43. The van der Waals surface area contributed by atoms with Gasteiger partial charge in [0.2, 0.25) is 0 Å². The van der Waals surface area contributed by atoms with E-state index in [4.69, 9.17) is 0 Å². The normalized spacial score (nSPS) is 18.3. The third-order valence-corrected chi connectivity index (χ3v) is 14.0. The Bertz CT molecular complexity index is 2050. The van der Waals surface area contributed by atoms with E-state index in [0.29, 0.717) is 0 Å². The van der Waals surface area contributed by atoms with Crippen molar-refractivity contribution in [3.63, 3.8) is 0 Å². The van der Waals surface area contributed by atoms with Gasteiger partial charge >= 0.3 is 102 Å². The van der Waals surface area contributed by atoms with Gasteiger partial charge in [-0.05, 0) is 13.8 Å². The Balaban J connectivity index is 7.29. The highest BCUT2D eigenvalue weighted by molar-refractivity contribution is 7.90. The predicted molar refractivity (Wildman–Crippen MR) is 155 cm³/mol. The Morgan fingerprint density at radius 1 is 0.366 bits per heavy atom. The molecule has 10 nitrogen and oxygen atoms in total. The van der Waals surface area contributed by atoms with Crippen LogP contribution in [0.25, 0.3) is 0 Å². The van der Waals surface area contributed by atoms with Gasteiger partial charge in [-0.1, -0.05) is 13.8 Å². The molecule has 0 fully saturated rings. The molecule has 428 valence electrons. The quantitative estimate of drug-likeness (QED) is 0.0574. The van der Waals surface area contributed by atoms with E-state index in [1.54, 1.807) is 0 Å². The van der Waals surface area contributed by atoms with Crippen LogP contribution >= 0.6 is 7.82 Å². The number of phosphoric ester groups is 1. The molecule has 0 heterocycles. The van der Waals surface area contributed by atoms with Gasteiger partial charge in [-0.2, -0.15) is 158 Å². The van der Waals surface area contributed by atoms with Crippen molar-refractivity contribution in [3.05, 3.63) is 0 Å². The number of hydrogen-bond acceptors (Lipinski definition) is 7. The molecule has 0 aromatic carbocycles. The maximum atomic E-state index is 14.8. The zero-order chi connectivity index (χ0) is 58.6. The van der Waals surface area contributed by atoms with Gasteiger partial charge in [0, 0.05) is 13.1 Å². The molecule has 0 aliphatic carbocycles. The standard InChI is InChI=1S/C24H19F34N2O8PS2/c1-5-59(70(63,64)23(55,56)19(45,46)15(37,38)11(29,30)9(25,26)13(33,34)17(41,42)21(49,50)51)7(3)67-69(61,62)68-8(4)60(6-2)71(65,66)24(57,58)20(47,48)16(39,40)12(31,32)10(27,28)14(35,36)18(43,44)22(52,53)54/h7-8H,5-6H2,1-4H3,(H,61,62). The zero-order valence-corrected chi connectivity index (χ0v) is 35.4. The lowest BCUT2D eigenvalue weighted by atomic mass is 9.91. The van der Waals surface area contributed by atoms with Gasteiger partial charge in [-0.3, -0.25) is 9.05 Å². The minimum absolute atomic E-state index is 0.0933. The molecule has 0 bridgehead atoms. The van der Waals surface area contributed by atoms with Crippen molar-refractivity contribution < 1.29 is 185 Å².